The number of hydrogen-bond donors (Lipinski definition) is 1. The number of anilines is 1. The number of benzene rings is 3. The highest BCUT2D eigenvalue weighted by Crippen LogP contribution is 2.44. The minimum Gasteiger partial charge on any atom is -0.507 e. The Hall–Kier alpha value is -3.63. The number of aliphatic hydroxyl groups is 1. The summed E-state index contributed by atoms with van der Waals surface area (Å²) in [5, 5.41) is 21.2. The van der Waals surface area contributed by atoms with Gasteiger partial charge in [0, 0.05) is 21.4 Å². The van der Waals surface area contributed by atoms with Crippen molar-refractivity contribution in [2.75, 3.05) is 11.5 Å². The molecule has 4 aromatic rings. The molecule has 2 heterocycles. The van der Waals surface area contributed by atoms with Gasteiger partial charge in [-0.25, -0.2) is 0 Å². The zero-order chi connectivity index (χ0) is 29.1. The van der Waals surface area contributed by atoms with Gasteiger partial charge in [0.05, 0.1) is 11.6 Å². The van der Waals surface area contributed by atoms with Gasteiger partial charge in [0.1, 0.15) is 18.1 Å². The van der Waals surface area contributed by atoms with E-state index in [9.17, 15) is 14.7 Å². The monoisotopic (exact) mass is 623 g/mol. The van der Waals surface area contributed by atoms with E-state index < -0.39 is 17.7 Å². The van der Waals surface area contributed by atoms with Gasteiger partial charge in [0.25, 0.3) is 5.78 Å². The van der Waals surface area contributed by atoms with Gasteiger partial charge < -0.3 is 9.84 Å². The second-order valence-electron chi connectivity index (χ2n) is 9.08. The number of aromatic nitrogens is 2. The number of Topliss-reactive ketones (excluding diaryl/α,β-unsaturated/α-hetero) is 1. The van der Waals surface area contributed by atoms with Crippen molar-refractivity contribution in [3.8, 4) is 5.75 Å². The summed E-state index contributed by atoms with van der Waals surface area (Å²) in [7, 11) is 0. The molecule has 1 unspecified atom stereocenters. The Bertz CT molecular complexity index is 1670. The van der Waals surface area contributed by atoms with Crippen LogP contribution < -0.4 is 9.64 Å². The van der Waals surface area contributed by atoms with Crippen LogP contribution in [0.4, 0.5) is 5.13 Å². The van der Waals surface area contributed by atoms with E-state index in [2.05, 4.69) is 16.8 Å². The van der Waals surface area contributed by atoms with Crippen molar-refractivity contribution >= 4 is 68.9 Å². The first-order chi connectivity index (χ1) is 19.8. The first-order valence-corrected chi connectivity index (χ1v) is 14.9. The van der Waals surface area contributed by atoms with Gasteiger partial charge >= 0.3 is 5.91 Å². The predicted octanol–water partition coefficient (Wildman–Crippen LogP) is 7.64. The average molecular weight is 625 g/mol. The molecule has 0 spiro atoms. The summed E-state index contributed by atoms with van der Waals surface area (Å²) in [5.74, 6) is -0.873. The second kappa shape index (κ2) is 12.5. The van der Waals surface area contributed by atoms with E-state index in [1.807, 2.05) is 25.1 Å². The third-order valence-corrected chi connectivity index (χ3v) is 8.97. The number of rotatable bonds is 9. The van der Waals surface area contributed by atoms with Crippen molar-refractivity contribution in [2.45, 2.75) is 23.1 Å². The summed E-state index contributed by atoms with van der Waals surface area (Å²) in [4.78, 5) is 28.3. The lowest BCUT2D eigenvalue weighted by Gasteiger charge is -2.23. The first kappa shape index (κ1) is 28.9. The number of nitrogens with zero attached hydrogens (tertiary/aromatic N) is 3. The number of amides is 1. The van der Waals surface area contributed by atoms with E-state index in [0.717, 1.165) is 11.1 Å². The number of hydrogen-bond acceptors (Lipinski definition) is 8. The van der Waals surface area contributed by atoms with Gasteiger partial charge in [-0.1, -0.05) is 107 Å². The van der Waals surface area contributed by atoms with Crippen molar-refractivity contribution in [1.82, 2.24) is 10.2 Å². The molecule has 0 saturated carbocycles. The molecule has 1 amide bonds. The molecule has 1 saturated heterocycles. The van der Waals surface area contributed by atoms with Crippen LogP contribution in [0.25, 0.3) is 5.76 Å². The number of ketones is 1. The maximum atomic E-state index is 13.5. The molecule has 1 aliphatic rings. The second-order valence-corrected chi connectivity index (χ2v) is 12.1. The maximum Gasteiger partial charge on any atom is 0.301 e. The molecule has 1 aliphatic heterocycles. The summed E-state index contributed by atoms with van der Waals surface area (Å²) in [6, 6.07) is 18.4. The predicted molar refractivity (Wildman–Crippen MR) is 164 cm³/mol. The zero-order valence-electron chi connectivity index (χ0n) is 21.7. The van der Waals surface area contributed by atoms with Crippen molar-refractivity contribution in [1.29, 1.82) is 0 Å². The van der Waals surface area contributed by atoms with Crippen LogP contribution in [0.15, 0.2) is 89.3 Å². The van der Waals surface area contributed by atoms with Crippen molar-refractivity contribution < 1.29 is 19.4 Å². The fourth-order valence-corrected chi connectivity index (χ4v) is 6.70. The van der Waals surface area contributed by atoms with Crippen LogP contribution in [0, 0.1) is 6.92 Å². The normalized spacial score (nSPS) is 16.3. The molecule has 0 aliphatic carbocycles. The van der Waals surface area contributed by atoms with Gasteiger partial charge in [-0.15, -0.1) is 10.2 Å². The van der Waals surface area contributed by atoms with Crippen LogP contribution in [0.5, 0.6) is 5.75 Å². The zero-order valence-corrected chi connectivity index (χ0v) is 24.9. The van der Waals surface area contributed by atoms with E-state index in [0.29, 0.717) is 37.0 Å². The molecule has 208 valence electrons. The molecular formula is C30H23Cl2N3O4S2. The molecule has 41 heavy (non-hydrogen) atoms. The van der Waals surface area contributed by atoms with Crippen LogP contribution in [0.2, 0.25) is 10.0 Å². The third kappa shape index (κ3) is 6.18. The van der Waals surface area contributed by atoms with Gasteiger partial charge in [-0.05, 0) is 42.3 Å². The van der Waals surface area contributed by atoms with Crippen molar-refractivity contribution in [3.63, 3.8) is 0 Å². The maximum absolute atomic E-state index is 13.5. The summed E-state index contributed by atoms with van der Waals surface area (Å²) >= 11 is 14.9. The van der Waals surface area contributed by atoms with E-state index in [1.54, 1.807) is 54.6 Å². The Labute approximate surface area is 255 Å². The standard InChI is InChI=1S/C30H23Cl2N3O4S2/c1-3-13-39-22-6-4-5-19(14-22)25-24(26(36)18-9-7-17(2)8-10-18)27(37)28(38)35(25)29-33-34-30(41-29)40-16-20-11-12-21(31)15-23(20)32/h3-12,14-15,25,36H,1,13,16H2,2H3. The summed E-state index contributed by atoms with van der Waals surface area (Å²) in [5.41, 5.74) is 2.80. The fraction of sp³-hybridized carbons (Fsp3) is 0.133. The van der Waals surface area contributed by atoms with Gasteiger partial charge in [0.15, 0.2) is 4.34 Å². The van der Waals surface area contributed by atoms with E-state index >= 15 is 0 Å². The largest absolute Gasteiger partial charge is 0.507 e. The molecule has 5 rings (SSSR count). The molecule has 0 radical (unpaired) electrons. The molecule has 3 aromatic carbocycles. The smallest absolute Gasteiger partial charge is 0.301 e. The molecular weight excluding hydrogens is 601 g/mol. The number of aryl methyl sites for hydroxylation is 1. The summed E-state index contributed by atoms with van der Waals surface area (Å²) in [6.07, 6.45) is 1.62. The Balaban J connectivity index is 1.54. The molecule has 1 N–H and O–H groups in total. The number of halogens is 2. The SMILES string of the molecule is C=CCOc1cccc(C2C(=C(O)c3ccc(C)cc3)C(=O)C(=O)N2c2nnc(SCc3ccc(Cl)cc3Cl)s2)c1. The Morgan fingerprint density at radius 3 is 2.63 bits per heavy atom. The number of aliphatic hydroxyl groups excluding tert-OH is 1. The molecule has 11 heteroatoms. The van der Waals surface area contributed by atoms with Crippen LogP contribution in [0.1, 0.15) is 28.3 Å². The molecule has 0 bridgehead atoms. The summed E-state index contributed by atoms with van der Waals surface area (Å²) in [6.45, 7) is 5.87. The van der Waals surface area contributed by atoms with Crippen LogP contribution in [0.3, 0.4) is 0 Å². The first-order valence-electron chi connectivity index (χ1n) is 12.4. The highest BCUT2D eigenvalue weighted by molar-refractivity contribution is 8.00. The quantitative estimate of drug-likeness (QED) is 0.0511. The highest BCUT2D eigenvalue weighted by Gasteiger charge is 2.48. The highest BCUT2D eigenvalue weighted by atomic mass is 35.5. The van der Waals surface area contributed by atoms with E-state index in [-0.39, 0.29) is 23.1 Å². The Morgan fingerprint density at radius 1 is 1.12 bits per heavy atom. The van der Waals surface area contributed by atoms with Gasteiger partial charge in [0.2, 0.25) is 5.13 Å². The molecule has 7 nitrogen and oxygen atoms in total. The number of carbonyl (C=O) groups excluding carboxylic acids is 2. The number of carbonyl (C=O) groups is 2. The number of ether oxygens (including phenoxy) is 1. The topological polar surface area (TPSA) is 92.6 Å². The minimum atomic E-state index is -0.958. The lowest BCUT2D eigenvalue weighted by atomic mass is 9.95. The summed E-state index contributed by atoms with van der Waals surface area (Å²) < 4.78 is 6.28. The van der Waals surface area contributed by atoms with Gasteiger partial charge in [-0.3, -0.25) is 14.5 Å². The van der Waals surface area contributed by atoms with Crippen LogP contribution in [-0.4, -0.2) is 33.6 Å². The van der Waals surface area contributed by atoms with E-state index in [4.69, 9.17) is 27.9 Å². The lowest BCUT2D eigenvalue weighted by molar-refractivity contribution is -0.132. The average Bonchev–Trinajstić information content (AvgIpc) is 3.53. The van der Waals surface area contributed by atoms with E-state index in [1.165, 1.54) is 28.0 Å². The number of thioether (sulfide) groups is 1. The fourth-order valence-electron chi connectivity index (χ4n) is 4.28. The molecule has 1 aromatic heterocycles. The molecule has 1 atom stereocenters. The van der Waals surface area contributed by atoms with Gasteiger partial charge in [-0.2, -0.15) is 0 Å². The van der Waals surface area contributed by atoms with Crippen molar-refractivity contribution in [3.05, 3.63) is 117 Å². The van der Waals surface area contributed by atoms with Crippen molar-refractivity contribution in [2.24, 2.45) is 0 Å². The Morgan fingerprint density at radius 2 is 1.90 bits per heavy atom. The Kier molecular flexibility index (Phi) is 8.79. The third-order valence-electron chi connectivity index (χ3n) is 6.28. The lowest BCUT2D eigenvalue weighted by Crippen LogP contribution is -2.29. The minimum absolute atomic E-state index is 0.0444. The molecule has 1 fully saturated rings. The van der Waals surface area contributed by atoms with Crippen LogP contribution in [-0.2, 0) is 15.3 Å². The van der Waals surface area contributed by atoms with Crippen LogP contribution >= 0.6 is 46.3 Å².